The average molecular weight is 604 g/mol. The maximum Gasteiger partial charge on any atom is 0.335 e. The van der Waals surface area contributed by atoms with Gasteiger partial charge in [-0.15, -0.1) is 0 Å². The van der Waals surface area contributed by atoms with Crippen LogP contribution in [0.4, 0.5) is 5.69 Å². The van der Waals surface area contributed by atoms with E-state index in [1.54, 1.807) is 12.1 Å². The van der Waals surface area contributed by atoms with Crippen LogP contribution in [-0.4, -0.2) is 46.7 Å². The Labute approximate surface area is 236 Å². The summed E-state index contributed by atoms with van der Waals surface area (Å²) in [5, 5.41) is 20.3. The van der Waals surface area contributed by atoms with E-state index in [1.807, 2.05) is 6.08 Å². The van der Waals surface area contributed by atoms with Gasteiger partial charge in [-0.05, 0) is 71.1 Å². The van der Waals surface area contributed by atoms with Gasteiger partial charge in [0.1, 0.15) is 11.5 Å². The third-order valence-electron chi connectivity index (χ3n) is 8.23. The van der Waals surface area contributed by atoms with Crippen molar-refractivity contribution in [3.63, 3.8) is 0 Å². The molecule has 2 N–H and O–H groups in total. The lowest BCUT2D eigenvalue weighted by molar-refractivity contribution is -0.123. The number of nitrogens with zero attached hydrogens (tertiary/aromatic N) is 1. The van der Waals surface area contributed by atoms with Crippen molar-refractivity contribution in [3.05, 3.63) is 86.9 Å². The number of fused-ring (bicyclic) bond motifs is 3. The van der Waals surface area contributed by atoms with E-state index in [2.05, 4.69) is 15.9 Å². The Bertz CT molecular complexity index is 1650. The first-order valence-electron chi connectivity index (χ1n) is 12.6. The number of carboxylic acids is 1. The van der Waals surface area contributed by atoms with Crippen molar-refractivity contribution < 1.29 is 38.9 Å². The van der Waals surface area contributed by atoms with Crippen LogP contribution in [0.15, 0.2) is 75.8 Å². The molecule has 0 saturated carbocycles. The molecule has 9 nitrogen and oxygen atoms in total. The highest BCUT2D eigenvalue weighted by Gasteiger charge is 2.57. The standard InChI is InChI=1S/C30H22BrNO8/c1-40-15-5-8-22(33)19(10-15)24-16-6-7-17-25(18(16)11-20-26(24)23(34)12-21(31)27(20)35)29(37)32(28(17)36)14-4-2-3-13(9-14)30(38)39/h2-6,8-10,12,17-18,24-25,33H,7,11H2,1H3,(H,38,39)/t17-,18+,24+,25-/m0/s1. The number of aromatic carboxylic acids is 1. The SMILES string of the molecule is COc1ccc(O)c([C@H]2C3=CC[C@@H]4C(=O)N(c5cccc(C(=O)O)c5)C(=O)[C@@H]4[C@@H]3CC3=C2C(=O)C=C(Br)C3=O)c1. The molecule has 2 amide bonds. The number of ketones is 2. The molecular weight excluding hydrogens is 582 g/mol. The summed E-state index contributed by atoms with van der Waals surface area (Å²) in [6.45, 7) is 0. The van der Waals surface area contributed by atoms with Gasteiger partial charge < -0.3 is 14.9 Å². The number of carbonyl (C=O) groups is 5. The highest BCUT2D eigenvalue weighted by Crippen LogP contribution is 2.56. The van der Waals surface area contributed by atoms with Gasteiger partial charge >= 0.3 is 5.97 Å². The monoisotopic (exact) mass is 603 g/mol. The molecule has 6 rings (SSSR count). The molecule has 0 radical (unpaired) electrons. The zero-order chi connectivity index (χ0) is 28.5. The van der Waals surface area contributed by atoms with E-state index < -0.39 is 41.5 Å². The fourth-order valence-corrected chi connectivity index (χ4v) is 6.93. The summed E-state index contributed by atoms with van der Waals surface area (Å²) >= 11 is 3.19. The molecule has 1 saturated heterocycles. The van der Waals surface area contributed by atoms with E-state index >= 15 is 0 Å². The number of allylic oxidation sites excluding steroid dienone is 6. The summed E-state index contributed by atoms with van der Waals surface area (Å²) in [5.74, 6) is -5.53. The van der Waals surface area contributed by atoms with Crippen molar-refractivity contribution >= 4 is 51.0 Å². The van der Waals surface area contributed by atoms with Crippen LogP contribution in [0.5, 0.6) is 11.5 Å². The number of amides is 2. The maximum atomic E-state index is 13.9. The van der Waals surface area contributed by atoms with Crippen LogP contribution in [0.2, 0.25) is 0 Å². The Hall–Kier alpha value is -4.31. The largest absolute Gasteiger partial charge is 0.508 e. The van der Waals surface area contributed by atoms with E-state index in [-0.39, 0.29) is 57.0 Å². The molecule has 10 heteroatoms. The second kappa shape index (κ2) is 9.41. The van der Waals surface area contributed by atoms with Crippen molar-refractivity contribution in [1.82, 2.24) is 0 Å². The summed E-state index contributed by atoms with van der Waals surface area (Å²) in [7, 11) is 1.47. The Morgan fingerprint density at radius 2 is 1.82 bits per heavy atom. The van der Waals surface area contributed by atoms with E-state index in [0.29, 0.717) is 16.9 Å². The Morgan fingerprint density at radius 1 is 1.05 bits per heavy atom. The quantitative estimate of drug-likeness (QED) is 0.303. The number of phenolic OH excluding ortho intramolecular Hbond substituents is 1. The number of phenols is 1. The fraction of sp³-hybridized carbons (Fsp3) is 0.233. The smallest absolute Gasteiger partial charge is 0.335 e. The summed E-state index contributed by atoms with van der Waals surface area (Å²) in [6.07, 6.45) is 3.34. The highest BCUT2D eigenvalue weighted by molar-refractivity contribution is 9.12. The molecule has 40 heavy (non-hydrogen) atoms. The van der Waals surface area contributed by atoms with Crippen molar-refractivity contribution in [3.8, 4) is 11.5 Å². The van der Waals surface area contributed by atoms with E-state index in [4.69, 9.17) is 4.74 Å². The number of carbonyl (C=O) groups excluding carboxylic acids is 4. The van der Waals surface area contributed by atoms with Crippen LogP contribution in [-0.2, 0) is 19.2 Å². The van der Waals surface area contributed by atoms with Gasteiger partial charge in [0.25, 0.3) is 0 Å². The van der Waals surface area contributed by atoms with E-state index in [0.717, 1.165) is 4.90 Å². The molecule has 1 heterocycles. The molecule has 4 aliphatic rings. The first-order chi connectivity index (χ1) is 19.1. The van der Waals surface area contributed by atoms with Crippen LogP contribution in [0.3, 0.4) is 0 Å². The molecule has 1 aliphatic heterocycles. The molecule has 2 aromatic rings. The van der Waals surface area contributed by atoms with E-state index in [1.165, 1.54) is 43.5 Å². The van der Waals surface area contributed by atoms with Crippen LogP contribution in [0.25, 0.3) is 0 Å². The van der Waals surface area contributed by atoms with Gasteiger partial charge in [0.15, 0.2) is 11.6 Å². The number of rotatable bonds is 4. The number of methoxy groups -OCH3 is 1. The zero-order valence-electron chi connectivity index (χ0n) is 21.1. The number of anilines is 1. The molecule has 0 spiro atoms. The molecule has 0 unspecified atom stereocenters. The summed E-state index contributed by atoms with van der Waals surface area (Å²) in [5.41, 5.74) is 1.62. The van der Waals surface area contributed by atoms with Crippen molar-refractivity contribution in [2.24, 2.45) is 17.8 Å². The molecule has 4 atom stereocenters. The maximum absolute atomic E-state index is 13.9. The summed E-state index contributed by atoms with van der Waals surface area (Å²) < 4.78 is 5.46. The number of imide groups is 1. The number of Topliss-reactive ketones (excluding diaryl/α,β-unsaturated/α-hetero) is 1. The average Bonchev–Trinajstić information content (AvgIpc) is 3.20. The van der Waals surface area contributed by atoms with Crippen molar-refractivity contribution in [1.29, 1.82) is 0 Å². The molecule has 202 valence electrons. The van der Waals surface area contributed by atoms with Gasteiger partial charge in [0, 0.05) is 28.7 Å². The molecule has 2 aromatic carbocycles. The van der Waals surface area contributed by atoms with Gasteiger partial charge in [0.2, 0.25) is 11.8 Å². The zero-order valence-corrected chi connectivity index (χ0v) is 22.7. The minimum absolute atomic E-state index is 0.0595. The van der Waals surface area contributed by atoms with Crippen LogP contribution in [0.1, 0.15) is 34.7 Å². The predicted octanol–water partition coefficient (Wildman–Crippen LogP) is 4.07. The Kier molecular flexibility index (Phi) is 6.10. The lowest BCUT2D eigenvalue weighted by Gasteiger charge is -2.42. The third kappa shape index (κ3) is 3.77. The Morgan fingerprint density at radius 3 is 2.55 bits per heavy atom. The van der Waals surface area contributed by atoms with Gasteiger partial charge in [-0.25, -0.2) is 4.79 Å². The Balaban J connectivity index is 1.49. The summed E-state index contributed by atoms with van der Waals surface area (Å²) in [6, 6.07) is 10.3. The molecule has 1 fully saturated rings. The molecule has 0 bridgehead atoms. The van der Waals surface area contributed by atoms with Gasteiger partial charge in [0.05, 0.1) is 34.7 Å². The first kappa shape index (κ1) is 25.9. The number of halogens is 1. The number of benzene rings is 2. The van der Waals surface area contributed by atoms with Crippen molar-refractivity contribution in [2.45, 2.75) is 18.8 Å². The van der Waals surface area contributed by atoms with Crippen LogP contribution in [0, 0.1) is 17.8 Å². The van der Waals surface area contributed by atoms with Gasteiger partial charge in [-0.1, -0.05) is 17.7 Å². The fourth-order valence-electron chi connectivity index (χ4n) is 6.49. The van der Waals surface area contributed by atoms with Crippen LogP contribution >= 0.6 is 15.9 Å². The number of aromatic hydroxyl groups is 1. The lowest BCUT2D eigenvalue weighted by Crippen LogP contribution is -2.39. The molecule has 3 aliphatic carbocycles. The number of carboxylic acid groups (broad SMARTS) is 1. The number of hydrogen-bond acceptors (Lipinski definition) is 7. The minimum Gasteiger partial charge on any atom is -0.508 e. The normalized spacial score (nSPS) is 25.7. The third-order valence-corrected chi connectivity index (χ3v) is 8.82. The van der Waals surface area contributed by atoms with Crippen molar-refractivity contribution in [2.75, 3.05) is 12.0 Å². The topological polar surface area (TPSA) is 138 Å². The van der Waals surface area contributed by atoms with Gasteiger partial charge in [-0.2, -0.15) is 0 Å². The molecule has 0 aromatic heterocycles. The highest BCUT2D eigenvalue weighted by atomic mass is 79.9. The minimum atomic E-state index is -1.19. The number of hydrogen-bond donors (Lipinski definition) is 2. The lowest BCUT2D eigenvalue weighted by atomic mass is 9.59. The first-order valence-corrected chi connectivity index (χ1v) is 13.4. The molecular formula is C30H22BrNO8. The van der Waals surface area contributed by atoms with E-state index in [9.17, 15) is 34.2 Å². The van der Waals surface area contributed by atoms with Crippen LogP contribution < -0.4 is 9.64 Å². The number of ether oxygens (including phenoxy) is 1. The second-order valence-corrected chi connectivity index (χ2v) is 11.0. The van der Waals surface area contributed by atoms with Gasteiger partial charge in [-0.3, -0.25) is 24.1 Å². The summed E-state index contributed by atoms with van der Waals surface area (Å²) in [4.78, 5) is 66.8. The second-order valence-electron chi connectivity index (χ2n) is 10.2. The predicted molar refractivity (Wildman–Crippen MR) is 145 cm³/mol.